The number of unbranched alkanes of at least 4 members (excludes halogenated alkanes) is 36. The Kier molecular flexibility index (Phi) is 216. The van der Waals surface area contributed by atoms with Gasteiger partial charge >= 0.3 is 11.9 Å². The fraction of sp³-hybridized carbons (Fsp3) is 0.974. The van der Waals surface area contributed by atoms with Crippen molar-refractivity contribution in [2.75, 3.05) is 105 Å². The first-order valence-corrected chi connectivity index (χ1v) is 39.3. The van der Waals surface area contributed by atoms with E-state index in [1.807, 2.05) is 0 Å². The molecule has 0 rings (SSSR count). The van der Waals surface area contributed by atoms with Gasteiger partial charge in [-0.2, -0.15) is 0 Å². The maximum absolute atomic E-state index is 11.6. The first-order valence-electron chi connectivity index (χ1n) is 39.3. The number of quaternary nitrogens is 2. The third kappa shape index (κ3) is 114. The number of esters is 2. The van der Waals surface area contributed by atoms with E-state index in [1.54, 1.807) is 0 Å². The molecule has 31 heteroatoms. The van der Waals surface area contributed by atoms with E-state index >= 15 is 0 Å². The van der Waals surface area contributed by atoms with Gasteiger partial charge in [0.2, 0.25) is 0 Å². The molecule has 0 unspecified atom stereocenters. The van der Waals surface area contributed by atoms with Gasteiger partial charge in [0.25, 0.3) is 0 Å². The van der Waals surface area contributed by atoms with Gasteiger partial charge in [0.15, 0.2) is 0 Å². The Morgan fingerprint density at radius 1 is 0.211 bits per heavy atom. The number of hydrogen-bond acceptors (Lipinski definition) is 10. The molecule has 0 bridgehead atoms. The minimum Gasteiger partial charge on any atom is -2.00 e. The van der Waals surface area contributed by atoms with Crippen LogP contribution in [-0.2, 0) is 202 Å². The Balaban J connectivity index is -0.0000000415. The number of nitrogens with zero attached hydrogens (tertiary/aromatic N) is 2. The van der Waals surface area contributed by atoms with Crippen LogP contribution in [-0.4, -0.2) is 126 Å². The van der Waals surface area contributed by atoms with Gasteiger partial charge in [-0.25, -0.2) is 0 Å². The van der Waals surface area contributed by atoms with E-state index in [2.05, 4.69) is 69.2 Å². The summed E-state index contributed by atoms with van der Waals surface area (Å²) in [6.07, 6.45) is 60.7. The Morgan fingerprint density at radius 3 is 0.450 bits per heavy atom. The van der Waals surface area contributed by atoms with Crippen molar-refractivity contribution in [3.05, 3.63) is 0 Å². The van der Waals surface area contributed by atoms with Gasteiger partial charge in [-0.05, 0) is 75.0 Å². The second-order valence-corrected chi connectivity index (χ2v) is 27.9. The van der Waals surface area contributed by atoms with E-state index in [4.69, 9.17) is 9.47 Å². The molecular weight excluding hydrogens is 1640 g/mol. The summed E-state index contributed by atoms with van der Waals surface area (Å²) in [5.41, 5.74) is -2.94. The summed E-state index contributed by atoms with van der Waals surface area (Å²) in [4.78, 5) is 23.3. The minimum atomic E-state index is -1.47. The standard InChI is InChI=1S/2C23H43O5.2C16H36N.13O.6V/c2*1-2-3-4-5-6-7-8-9-10-11-12-13-14-15-16-17-22(27)28-21-23(18-24,19-25)20-26;2*1-5-9-13-17(14-10-6-2,15-11-7-3)16-12-8-4;;;;;;;;;;;;;;;;;;;/h2*2-21H2,1H3;2*5-16H2,1-4H3;;;;;;;;;;;;;;;;;;;/q2*-3;2*+1;13*-2;;;;;;. The average molecular weight is 1800 g/mol. The molecule has 0 aromatic carbocycles. The van der Waals surface area contributed by atoms with E-state index in [-0.39, 0.29) is 196 Å². The van der Waals surface area contributed by atoms with Crippen LogP contribution in [0, 0.1) is 10.8 Å². The van der Waals surface area contributed by atoms with Crippen LogP contribution in [0.15, 0.2) is 0 Å². The van der Waals surface area contributed by atoms with Crippen LogP contribution in [0.4, 0.5) is 0 Å². The largest absolute Gasteiger partial charge is 2.00 e. The first-order chi connectivity index (χ1) is 43.8. The second-order valence-electron chi connectivity index (χ2n) is 27.9. The number of hydrogen-bond donors (Lipinski definition) is 0. The molecule has 0 heterocycles. The minimum absolute atomic E-state index is 0. The predicted octanol–water partition coefficient (Wildman–Crippen LogP) is 14.2. The number of carbonyl (C=O) groups is 2. The normalized spacial score (nSPS) is 9.76. The predicted molar refractivity (Wildman–Crippen MR) is 383 cm³/mol. The Morgan fingerprint density at radius 2 is 0.330 bits per heavy atom. The molecule has 25 nitrogen and oxygen atoms in total. The summed E-state index contributed by atoms with van der Waals surface area (Å²) in [6, 6.07) is 0. The molecule has 0 N–H and O–H groups in total. The topological polar surface area (TPSA) is 561 Å². The summed E-state index contributed by atoms with van der Waals surface area (Å²) in [7, 11) is 0. The molecule has 6 radical (unpaired) electrons. The van der Waals surface area contributed by atoms with Crippen LogP contribution >= 0.6 is 0 Å². The molecule has 0 fully saturated rings. The summed E-state index contributed by atoms with van der Waals surface area (Å²) >= 11 is 0. The summed E-state index contributed by atoms with van der Waals surface area (Å²) < 4.78 is 12.8. The molecule has 0 aliphatic heterocycles. The van der Waals surface area contributed by atoms with E-state index in [0.29, 0.717) is 12.8 Å². The van der Waals surface area contributed by atoms with Gasteiger partial charge in [-0.15, -0.1) is 39.6 Å². The van der Waals surface area contributed by atoms with Crippen molar-refractivity contribution < 1.29 is 241 Å². The fourth-order valence-corrected chi connectivity index (χ4v) is 11.7. The number of carbonyl (C=O) groups excluding carboxylic acids is 2. The van der Waals surface area contributed by atoms with Gasteiger partial charge in [0.05, 0.1) is 65.6 Å². The van der Waals surface area contributed by atoms with Crippen molar-refractivity contribution in [3.63, 3.8) is 0 Å². The Hall–Kier alpha value is 1.61. The number of ether oxygens (including phenoxy) is 2. The number of rotatable bonds is 66. The molecule has 0 saturated carbocycles. The molecule has 0 amide bonds. The van der Waals surface area contributed by atoms with Gasteiger partial charge in [-0.1, -0.05) is 300 Å². The van der Waals surface area contributed by atoms with E-state index in [0.717, 1.165) is 38.5 Å². The van der Waals surface area contributed by atoms with E-state index in [1.165, 1.54) is 318 Å². The third-order valence-corrected chi connectivity index (χ3v) is 18.8. The van der Waals surface area contributed by atoms with Crippen LogP contribution in [0.5, 0.6) is 0 Å². The molecule has 0 aromatic heterocycles. The van der Waals surface area contributed by atoms with Crippen LogP contribution < -0.4 is 30.6 Å². The zero-order chi connectivity index (χ0) is 67.8. The first kappa shape index (κ1) is 173. The fourth-order valence-electron chi connectivity index (χ4n) is 11.7. The van der Waals surface area contributed by atoms with Gasteiger partial charge in [-0.3, -0.25) is 9.59 Å². The quantitative estimate of drug-likeness (QED) is 0.0314. The third-order valence-electron chi connectivity index (χ3n) is 18.8. The van der Waals surface area contributed by atoms with Crippen molar-refractivity contribution >= 4 is 11.9 Å². The van der Waals surface area contributed by atoms with E-state index < -0.39 is 62.4 Å². The molecule has 678 valence electrons. The monoisotopic (exact) mass is 1800 g/mol. The maximum Gasteiger partial charge on any atom is 0.305 e. The zero-order valence-corrected chi connectivity index (χ0v) is 78.6. The molecule has 0 spiro atoms. The Bertz CT molecular complexity index is 1270. The summed E-state index contributed by atoms with van der Waals surface area (Å²) in [6.45, 7) is 29.2. The molecule has 0 atom stereocenters. The van der Waals surface area contributed by atoms with Crippen molar-refractivity contribution in [2.24, 2.45) is 10.8 Å². The molecule has 0 saturated heterocycles. The molecule has 0 aliphatic carbocycles. The summed E-state index contributed by atoms with van der Waals surface area (Å²) in [5.74, 6) is -0.816. The van der Waals surface area contributed by atoms with Crippen molar-refractivity contribution in [1.29, 1.82) is 0 Å². The molecule has 0 aromatic rings. The second kappa shape index (κ2) is 136. The van der Waals surface area contributed by atoms with E-state index in [9.17, 15) is 40.2 Å². The maximum atomic E-state index is 11.6. The molecular formula is C78H158N2O23V6-30. The smallest absolute Gasteiger partial charge is 0.305 e. The SMILES string of the molecule is CCCCCCCCCCCCCCCCCC(=O)OCC(C[O-])(C[O-])C[O-].CCCCCCCCCCCCCCCCCC(=O)OCC(C[O-])(C[O-])C[O-].CCCC[N+](CCCC)(CCCC)CCCC.CCCC[N+](CCCC)(CCCC)CCCC.[O-2].[O-2].[O-2].[O-2].[O-2].[O-2].[O-2].[O-2].[O-2].[O-2].[O-2].[O-2].[O-2].[V].[V].[V].[V].[V].[V]. The zero-order valence-electron chi connectivity index (χ0n) is 70.2. The van der Waals surface area contributed by atoms with Crippen LogP contribution in [0.25, 0.3) is 0 Å². The van der Waals surface area contributed by atoms with Gasteiger partial charge in [0.1, 0.15) is 0 Å². The van der Waals surface area contributed by atoms with Gasteiger partial charge < -0.3 is 120 Å². The van der Waals surface area contributed by atoms with Crippen molar-refractivity contribution in [2.45, 2.75) is 377 Å². The Labute approximate surface area is 740 Å². The van der Waals surface area contributed by atoms with Gasteiger partial charge in [0, 0.05) is 124 Å². The summed E-state index contributed by atoms with van der Waals surface area (Å²) in [5, 5.41) is 65.7. The molecule has 109 heavy (non-hydrogen) atoms. The van der Waals surface area contributed by atoms with Crippen LogP contribution in [0.2, 0.25) is 0 Å². The average Bonchev–Trinajstić information content (AvgIpc) is 0.930. The molecule has 0 aliphatic rings. The van der Waals surface area contributed by atoms with Crippen molar-refractivity contribution in [1.82, 2.24) is 0 Å². The van der Waals surface area contributed by atoms with Crippen molar-refractivity contribution in [3.8, 4) is 0 Å². The van der Waals surface area contributed by atoms with Crippen LogP contribution in [0.1, 0.15) is 377 Å². The van der Waals surface area contributed by atoms with Crippen LogP contribution in [0.3, 0.4) is 0 Å².